The van der Waals surface area contributed by atoms with E-state index in [1.807, 2.05) is 4.90 Å². The van der Waals surface area contributed by atoms with E-state index < -0.39 is 0 Å². The fourth-order valence-corrected chi connectivity index (χ4v) is 2.83. The molecule has 1 aromatic carbocycles. The van der Waals surface area contributed by atoms with E-state index in [0.29, 0.717) is 50.2 Å². The first-order valence-electron chi connectivity index (χ1n) is 9.06. The highest BCUT2D eigenvalue weighted by molar-refractivity contribution is 6.03. The lowest BCUT2D eigenvalue weighted by Gasteiger charge is -2.34. The first kappa shape index (κ1) is 19.4. The van der Waals surface area contributed by atoms with Crippen LogP contribution in [-0.2, 0) is 4.74 Å². The monoisotopic (exact) mass is 385 g/mol. The molecule has 0 bridgehead atoms. The fraction of sp³-hybridized carbons (Fsp3) is 0.368. The maximum absolute atomic E-state index is 12.5. The number of carbonyl (C=O) groups is 2. The molecule has 28 heavy (non-hydrogen) atoms. The molecule has 0 unspecified atom stereocenters. The molecule has 3 rings (SSSR count). The molecular weight excluding hydrogens is 362 g/mol. The molecule has 0 aliphatic carbocycles. The number of nitrogens with zero attached hydrogens (tertiary/aromatic N) is 4. The Kier molecular flexibility index (Phi) is 6.25. The van der Waals surface area contributed by atoms with Crippen LogP contribution >= 0.6 is 0 Å². The lowest BCUT2D eigenvalue weighted by molar-refractivity contribution is 0.102. The maximum atomic E-state index is 12.5. The van der Waals surface area contributed by atoms with Crippen molar-refractivity contribution in [2.24, 2.45) is 0 Å². The number of benzene rings is 1. The molecule has 1 saturated heterocycles. The zero-order valence-corrected chi connectivity index (χ0v) is 15.9. The summed E-state index contributed by atoms with van der Waals surface area (Å²) in [7, 11) is 1.57. The summed E-state index contributed by atoms with van der Waals surface area (Å²) >= 11 is 0. The minimum Gasteiger partial charge on any atom is -0.497 e. The van der Waals surface area contributed by atoms with Crippen LogP contribution in [-0.4, -0.2) is 66.8 Å². The van der Waals surface area contributed by atoms with Gasteiger partial charge in [-0.3, -0.25) is 4.79 Å². The molecule has 9 heteroatoms. The summed E-state index contributed by atoms with van der Waals surface area (Å²) in [6.07, 6.45) is 1.25. The number of piperazine rings is 1. The van der Waals surface area contributed by atoms with Crippen LogP contribution in [0.5, 0.6) is 5.75 Å². The van der Waals surface area contributed by atoms with Crippen molar-refractivity contribution in [3.05, 3.63) is 42.2 Å². The lowest BCUT2D eigenvalue weighted by Crippen LogP contribution is -2.49. The van der Waals surface area contributed by atoms with Crippen LogP contribution in [0, 0.1) is 0 Å². The molecule has 2 amide bonds. The molecule has 1 N–H and O–H groups in total. The van der Waals surface area contributed by atoms with Crippen molar-refractivity contribution in [2.45, 2.75) is 6.92 Å². The Morgan fingerprint density at radius 2 is 1.96 bits per heavy atom. The zero-order chi connectivity index (χ0) is 19.9. The molecule has 0 saturated carbocycles. The van der Waals surface area contributed by atoms with Crippen LogP contribution < -0.4 is 15.0 Å². The van der Waals surface area contributed by atoms with Gasteiger partial charge in [0.25, 0.3) is 5.91 Å². The Hall–Kier alpha value is -3.36. The average Bonchev–Trinajstić information content (AvgIpc) is 2.74. The van der Waals surface area contributed by atoms with E-state index in [0.717, 1.165) is 0 Å². The van der Waals surface area contributed by atoms with Gasteiger partial charge in [0.1, 0.15) is 11.4 Å². The summed E-state index contributed by atoms with van der Waals surface area (Å²) in [6.45, 7) is 4.31. The number of carbonyl (C=O) groups excluding carboxylic acids is 2. The molecule has 1 aromatic heterocycles. The molecule has 9 nitrogen and oxygen atoms in total. The van der Waals surface area contributed by atoms with Gasteiger partial charge in [0.05, 0.1) is 13.7 Å². The van der Waals surface area contributed by atoms with Crippen molar-refractivity contribution >= 4 is 23.6 Å². The minimum absolute atomic E-state index is 0.264. The normalized spacial score (nSPS) is 13.8. The molecule has 0 spiro atoms. The molecular formula is C19H23N5O4. The number of rotatable bonds is 5. The van der Waals surface area contributed by atoms with Crippen LogP contribution in [0.1, 0.15) is 17.4 Å². The van der Waals surface area contributed by atoms with Gasteiger partial charge in [-0.25, -0.2) is 14.8 Å². The van der Waals surface area contributed by atoms with Gasteiger partial charge in [-0.05, 0) is 25.1 Å². The van der Waals surface area contributed by atoms with Gasteiger partial charge in [0.15, 0.2) is 0 Å². The number of nitrogens with one attached hydrogen (secondary N) is 1. The maximum Gasteiger partial charge on any atom is 0.409 e. The molecule has 1 fully saturated rings. The summed E-state index contributed by atoms with van der Waals surface area (Å²) in [5.41, 5.74) is 0.883. The topological polar surface area (TPSA) is 96.9 Å². The van der Waals surface area contributed by atoms with Crippen molar-refractivity contribution in [2.75, 3.05) is 50.1 Å². The summed E-state index contributed by atoms with van der Waals surface area (Å²) in [4.78, 5) is 36.6. The van der Waals surface area contributed by atoms with Crippen LogP contribution in [0.3, 0.4) is 0 Å². The largest absolute Gasteiger partial charge is 0.497 e. The van der Waals surface area contributed by atoms with Gasteiger partial charge in [-0.1, -0.05) is 6.07 Å². The van der Waals surface area contributed by atoms with E-state index >= 15 is 0 Å². The second kappa shape index (κ2) is 9.03. The molecule has 2 aromatic rings. The number of methoxy groups -OCH3 is 1. The van der Waals surface area contributed by atoms with E-state index in [4.69, 9.17) is 9.47 Å². The number of ether oxygens (including phenoxy) is 2. The van der Waals surface area contributed by atoms with Crippen molar-refractivity contribution < 1.29 is 19.1 Å². The number of hydrogen-bond acceptors (Lipinski definition) is 7. The Morgan fingerprint density at radius 3 is 2.68 bits per heavy atom. The Balaban J connectivity index is 1.64. The van der Waals surface area contributed by atoms with Crippen LogP contribution in [0.4, 0.5) is 16.4 Å². The summed E-state index contributed by atoms with van der Waals surface area (Å²) < 4.78 is 10.2. The molecule has 2 heterocycles. The lowest BCUT2D eigenvalue weighted by atomic mass is 10.3. The first-order chi connectivity index (χ1) is 13.6. The Morgan fingerprint density at radius 1 is 1.18 bits per heavy atom. The smallest absolute Gasteiger partial charge is 0.409 e. The summed E-state index contributed by atoms with van der Waals surface area (Å²) in [5, 5.41) is 2.80. The van der Waals surface area contributed by atoms with Crippen LogP contribution in [0.25, 0.3) is 0 Å². The number of aromatic nitrogens is 2. The third kappa shape index (κ3) is 4.67. The number of hydrogen-bond donors (Lipinski definition) is 1. The SMILES string of the molecule is CCOC(=O)N1CCN(c2nccc(C(=O)Nc3cccc(OC)c3)n2)CC1. The standard InChI is InChI=1S/C19H23N5O4/c1-3-28-19(26)24-11-9-23(10-12-24)18-20-8-7-16(22-18)17(25)21-14-5-4-6-15(13-14)27-2/h4-8,13H,3,9-12H2,1-2H3,(H,21,25). The van der Waals surface area contributed by atoms with E-state index in [9.17, 15) is 9.59 Å². The highest BCUT2D eigenvalue weighted by Gasteiger charge is 2.24. The second-order valence-corrected chi connectivity index (χ2v) is 6.10. The van der Waals surface area contributed by atoms with Gasteiger partial charge in [0, 0.05) is 44.1 Å². The van der Waals surface area contributed by atoms with Gasteiger partial charge in [0.2, 0.25) is 5.95 Å². The number of amides is 2. The Bertz CT molecular complexity index is 837. The molecule has 148 valence electrons. The third-order valence-electron chi connectivity index (χ3n) is 4.29. The predicted molar refractivity (Wildman–Crippen MR) is 104 cm³/mol. The van der Waals surface area contributed by atoms with Crippen molar-refractivity contribution in [1.29, 1.82) is 0 Å². The quantitative estimate of drug-likeness (QED) is 0.841. The van der Waals surface area contributed by atoms with Crippen molar-refractivity contribution in [3.63, 3.8) is 0 Å². The highest BCUT2D eigenvalue weighted by Crippen LogP contribution is 2.18. The zero-order valence-electron chi connectivity index (χ0n) is 15.9. The van der Waals surface area contributed by atoms with Gasteiger partial charge < -0.3 is 24.6 Å². The van der Waals surface area contributed by atoms with Gasteiger partial charge in [-0.15, -0.1) is 0 Å². The average molecular weight is 385 g/mol. The van der Waals surface area contributed by atoms with Crippen molar-refractivity contribution in [1.82, 2.24) is 14.9 Å². The number of anilines is 2. The van der Waals surface area contributed by atoms with Crippen LogP contribution in [0.2, 0.25) is 0 Å². The van der Waals surface area contributed by atoms with E-state index in [2.05, 4.69) is 15.3 Å². The Labute approximate surface area is 163 Å². The summed E-state index contributed by atoms with van der Waals surface area (Å²) in [5.74, 6) is 0.782. The second-order valence-electron chi connectivity index (χ2n) is 6.10. The predicted octanol–water partition coefficient (Wildman–Crippen LogP) is 2.02. The van der Waals surface area contributed by atoms with E-state index in [1.165, 1.54) is 0 Å². The molecule has 0 radical (unpaired) electrons. The minimum atomic E-state index is -0.331. The van der Waals surface area contributed by atoms with E-state index in [-0.39, 0.29) is 17.7 Å². The highest BCUT2D eigenvalue weighted by atomic mass is 16.6. The van der Waals surface area contributed by atoms with Gasteiger partial charge in [-0.2, -0.15) is 0 Å². The fourth-order valence-electron chi connectivity index (χ4n) is 2.83. The third-order valence-corrected chi connectivity index (χ3v) is 4.29. The van der Waals surface area contributed by atoms with E-state index in [1.54, 1.807) is 55.5 Å². The molecule has 1 aliphatic heterocycles. The van der Waals surface area contributed by atoms with Crippen molar-refractivity contribution in [3.8, 4) is 5.75 Å². The summed E-state index contributed by atoms with van der Waals surface area (Å²) in [6, 6.07) is 8.66. The van der Waals surface area contributed by atoms with Crippen LogP contribution in [0.15, 0.2) is 36.5 Å². The first-order valence-corrected chi connectivity index (χ1v) is 9.06. The van der Waals surface area contributed by atoms with Gasteiger partial charge >= 0.3 is 6.09 Å². The molecule has 1 aliphatic rings. The molecule has 0 atom stereocenters.